The second-order valence-corrected chi connectivity index (χ2v) is 3.30. The predicted octanol–water partition coefficient (Wildman–Crippen LogP) is 1.34. The highest BCUT2D eigenvalue weighted by atomic mass is 19.1. The van der Waals surface area contributed by atoms with Gasteiger partial charge in [0.15, 0.2) is 0 Å². The molecule has 0 spiro atoms. The molecule has 0 atom stereocenters. The number of halogens is 1. The number of nitrogen functional groups attached to an aromatic ring is 1. The number of hydrogen-bond acceptors (Lipinski definition) is 4. The lowest BCUT2D eigenvalue weighted by atomic mass is 10.2. The lowest BCUT2D eigenvalue weighted by Gasteiger charge is -2.06. The van der Waals surface area contributed by atoms with Gasteiger partial charge in [0.05, 0.1) is 12.2 Å². The molecule has 88 valence electrons. The van der Waals surface area contributed by atoms with E-state index in [4.69, 9.17) is 15.6 Å². The van der Waals surface area contributed by atoms with Crippen molar-refractivity contribution in [3.63, 3.8) is 0 Å². The third-order valence-corrected chi connectivity index (χ3v) is 2.02. The molecule has 1 rings (SSSR count). The zero-order valence-electron chi connectivity index (χ0n) is 8.78. The van der Waals surface area contributed by atoms with E-state index in [2.05, 4.69) is 0 Å². The molecule has 0 aliphatic carbocycles. The summed E-state index contributed by atoms with van der Waals surface area (Å²) in [5.41, 5.74) is 5.73. The van der Waals surface area contributed by atoms with Crippen molar-refractivity contribution in [1.82, 2.24) is 0 Å². The average molecular weight is 227 g/mol. The Hall–Kier alpha value is -1.62. The number of nitrogens with two attached hydrogens (primary N) is 1. The van der Waals surface area contributed by atoms with Crippen molar-refractivity contribution < 1.29 is 19.0 Å². The van der Waals surface area contributed by atoms with Crippen LogP contribution in [0.5, 0.6) is 0 Å². The Morgan fingerprint density at radius 3 is 2.88 bits per heavy atom. The van der Waals surface area contributed by atoms with Gasteiger partial charge in [-0.3, -0.25) is 0 Å². The number of aliphatic hydroxyl groups is 1. The molecule has 0 saturated heterocycles. The zero-order valence-corrected chi connectivity index (χ0v) is 8.78. The smallest absolute Gasteiger partial charge is 0.340 e. The van der Waals surface area contributed by atoms with Crippen LogP contribution in [0.1, 0.15) is 23.2 Å². The topological polar surface area (TPSA) is 72.6 Å². The zero-order chi connectivity index (χ0) is 12.0. The molecule has 0 unspecified atom stereocenters. The van der Waals surface area contributed by atoms with E-state index in [1.54, 1.807) is 0 Å². The van der Waals surface area contributed by atoms with Crippen LogP contribution < -0.4 is 5.73 Å². The summed E-state index contributed by atoms with van der Waals surface area (Å²) in [5.74, 6) is -1.17. The van der Waals surface area contributed by atoms with Crippen LogP contribution in [0.2, 0.25) is 0 Å². The number of esters is 1. The summed E-state index contributed by atoms with van der Waals surface area (Å²) in [7, 11) is 0. The van der Waals surface area contributed by atoms with E-state index in [0.717, 1.165) is 6.07 Å². The minimum absolute atomic E-state index is 0.0315. The third kappa shape index (κ3) is 3.51. The first-order chi connectivity index (χ1) is 7.65. The molecule has 0 fully saturated rings. The summed E-state index contributed by atoms with van der Waals surface area (Å²) in [6.07, 6.45) is 1.13. The second-order valence-electron chi connectivity index (χ2n) is 3.30. The number of aliphatic hydroxyl groups excluding tert-OH is 1. The molecule has 3 N–H and O–H groups in total. The van der Waals surface area contributed by atoms with E-state index in [9.17, 15) is 9.18 Å². The Morgan fingerprint density at radius 2 is 2.19 bits per heavy atom. The van der Waals surface area contributed by atoms with Crippen molar-refractivity contribution >= 4 is 11.7 Å². The fourth-order valence-electron chi connectivity index (χ4n) is 1.16. The third-order valence-electron chi connectivity index (χ3n) is 2.02. The number of carbonyl (C=O) groups is 1. The van der Waals surface area contributed by atoms with Crippen molar-refractivity contribution in [3.05, 3.63) is 29.6 Å². The molecular weight excluding hydrogens is 213 g/mol. The minimum Gasteiger partial charge on any atom is -0.462 e. The quantitative estimate of drug-likeness (QED) is 0.452. The number of rotatable bonds is 5. The Labute approximate surface area is 92.8 Å². The molecule has 16 heavy (non-hydrogen) atoms. The van der Waals surface area contributed by atoms with E-state index in [1.807, 2.05) is 0 Å². The first-order valence-electron chi connectivity index (χ1n) is 4.98. The van der Waals surface area contributed by atoms with Gasteiger partial charge in [0, 0.05) is 12.3 Å². The molecule has 0 saturated carbocycles. The van der Waals surface area contributed by atoms with Gasteiger partial charge in [0.1, 0.15) is 5.82 Å². The highest BCUT2D eigenvalue weighted by Gasteiger charge is 2.11. The van der Waals surface area contributed by atoms with Crippen LogP contribution in [0.3, 0.4) is 0 Å². The number of benzene rings is 1. The standard InChI is InChI=1S/C11H14FNO3/c12-8-3-4-10(13)9(7-8)11(15)16-6-2-1-5-14/h3-4,7,14H,1-2,5-6,13H2. The van der Waals surface area contributed by atoms with E-state index in [0.29, 0.717) is 12.8 Å². The summed E-state index contributed by atoms with van der Waals surface area (Å²) >= 11 is 0. The fourth-order valence-corrected chi connectivity index (χ4v) is 1.16. The van der Waals surface area contributed by atoms with Crippen LogP contribution in [0, 0.1) is 5.82 Å². The van der Waals surface area contributed by atoms with Gasteiger partial charge < -0.3 is 15.6 Å². The number of anilines is 1. The first kappa shape index (κ1) is 12.4. The molecule has 0 aromatic heterocycles. The molecule has 1 aromatic rings. The number of unbranched alkanes of at least 4 members (excludes halogenated alkanes) is 1. The van der Waals surface area contributed by atoms with Gasteiger partial charge in [-0.15, -0.1) is 0 Å². The largest absolute Gasteiger partial charge is 0.462 e. The first-order valence-corrected chi connectivity index (χ1v) is 4.98. The maximum absolute atomic E-state index is 12.9. The Kier molecular flexibility index (Phi) is 4.72. The summed E-state index contributed by atoms with van der Waals surface area (Å²) in [4.78, 5) is 11.4. The van der Waals surface area contributed by atoms with Gasteiger partial charge >= 0.3 is 5.97 Å². The molecule has 0 amide bonds. The van der Waals surface area contributed by atoms with Crippen molar-refractivity contribution in [2.24, 2.45) is 0 Å². The Balaban J connectivity index is 2.55. The molecule has 0 bridgehead atoms. The van der Waals surface area contributed by atoms with Crippen LogP contribution in [-0.2, 0) is 4.74 Å². The van der Waals surface area contributed by atoms with Gasteiger partial charge in [-0.2, -0.15) is 0 Å². The van der Waals surface area contributed by atoms with Crippen LogP contribution in [0.25, 0.3) is 0 Å². The monoisotopic (exact) mass is 227 g/mol. The summed E-state index contributed by atoms with van der Waals surface area (Å²) < 4.78 is 17.7. The molecule has 4 nitrogen and oxygen atoms in total. The molecule has 0 radical (unpaired) electrons. The molecular formula is C11H14FNO3. The van der Waals surface area contributed by atoms with Crippen LogP contribution in [0.15, 0.2) is 18.2 Å². The Morgan fingerprint density at radius 1 is 1.44 bits per heavy atom. The van der Waals surface area contributed by atoms with E-state index < -0.39 is 11.8 Å². The van der Waals surface area contributed by atoms with E-state index >= 15 is 0 Å². The predicted molar refractivity (Wildman–Crippen MR) is 57.4 cm³/mol. The maximum atomic E-state index is 12.9. The number of hydrogen-bond donors (Lipinski definition) is 2. The van der Waals surface area contributed by atoms with Crippen LogP contribution in [0.4, 0.5) is 10.1 Å². The second kappa shape index (κ2) is 6.07. The average Bonchev–Trinajstić information content (AvgIpc) is 2.27. The molecule has 0 aliphatic heterocycles. The van der Waals surface area contributed by atoms with Crippen molar-refractivity contribution in [1.29, 1.82) is 0 Å². The van der Waals surface area contributed by atoms with E-state index in [1.165, 1.54) is 12.1 Å². The summed E-state index contributed by atoms with van der Waals surface area (Å²) in [5, 5.41) is 8.52. The normalized spacial score (nSPS) is 10.1. The van der Waals surface area contributed by atoms with Crippen molar-refractivity contribution in [2.45, 2.75) is 12.8 Å². The fraction of sp³-hybridized carbons (Fsp3) is 0.364. The lowest BCUT2D eigenvalue weighted by Crippen LogP contribution is -2.09. The summed E-state index contributed by atoms with van der Waals surface area (Å²) in [6, 6.07) is 3.54. The SMILES string of the molecule is Nc1ccc(F)cc1C(=O)OCCCCO. The van der Waals surface area contributed by atoms with Crippen LogP contribution >= 0.6 is 0 Å². The van der Waals surface area contributed by atoms with E-state index in [-0.39, 0.29) is 24.5 Å². The van der Waals surface area contributed by atoms with Gasteiger partial charge in [-0.1, -0.05) is 0 Å². The molecule has 5 heteroatoms. The van der Waals surface area contributed by atoms with Crippen molar-refractivity contribution in [3.8, 4) is 0 Å². The summed E-state index contributed by atoms with van der Waals surface area (Å²) in [6.45, 7) is 0.245. The molecule has 0 aliphatic rings. The molecule has 1 aromatic carbocycles. The molecule has 0 heterocycles. The highest BCUT2D eigenvalue weighted by molar-refractivity contribution is 5.95. The van der Waals surface area contributed by atoms with Gasteiger partial charge in [-0.25, -0.2) is 9.18 Å². The lowest BCUT2D eigenvalue weighted by molar-refractivity contribution is 0.0493. The van der Waals surface area contributed by atoms with Gasteiger partial charge in [-0.05, 0) is 31.0 Å². The minimum atomic E-state index is -0.644. The van der Waals surface area contributed by atoms with Gasteiger partial charge in [0.2, 0.25) is 0 Å². The van der Waals surface area contributed by atoms with Crippen LogP contribution in [-0.4, -0.2) is 24.3 Å². The Bertz CT molecular complexity index is 368. The van der Waals surface area contributed by atoms with Gasteiger partial charge in [0.25, 0.3) is 0 Å². The highest BCUT2D eigenvalue weighted by Crippen LogP contribution is 2.14. The maximum Gasteiger partial charge on any atom is 0.340 e. The van der Waals surface area contributed by atoms with Crippen molar-refractivity contribution in [2.75, 3.05) is 18.9 Å². The number of carbonyl (C=O) groups excluding carboxylic acids is 1. The number of ether oxygens (including phenoxy) is 1.